The van der Waals surface area contributed by atoms with E-state index in [1.54, 1.807) is 7.11 Å². The van der Waals surface area contributed by atoms with Crippen molar-refractivity contribution >= 4 is 5.97 Å². The predicted octanol–water partition coefficient (Wildman–Crippen LogP) is 4.00. The molecule has 0 aromatic carbocycles. The largest absolute Gasteiger partial charge is 0.481 e. The molecule has 0 spiro atoms. The van der Waals surface area contributed by atoms with Crippen molar-refractivity contribution in [3.63, 3.8) is 0 Å². The lowest BCUT2D eigenvalue weighted by atomic mass is 9.98. The van der Waals surface area contributed by atoms with E-state index >= 15 is 0 Å². The molecule has 2 atom stereocenters. The Kier molecular flexibility index (Phi) is 9.04. The number of methoxy groups -OCH3 is 1. The Bertz CT molecular complexity index is 367. The molecule has 0 saturated carbocycles. The van der Waals surface area contributed by atoms with Gasteiger partial charge in [-0.1, -0.05) is 30.7 Å². The van der Waals surface area contributed by atoms with Gasteiger partial charge < -0.3 is 9.84 Å². The molecule has 0 aromatic heterocycles. The molecular weight excluding hydrogens is 284 g/mol. The molecule has 0 aromatic rings. The first-order chi connectivity index (χ1) is 10.6. The number of ether oxygens (including phenoxy) is 1. The Balaban J connectivity index is 2.21. The van der Waals surface area contributed by atoms with Crippen molar-refractivity contribution in [1.82, 2.24) is 0 Å². The third kappa shape index (κ3) is 7.20. The van der Waals surface area contributed by atoms with Gasteiger partial charge in [-0.15, -0.1) is 0 Å². The van der Waals surface area contributed by atoms with Crippen LogP contribution < -0.4 is 0 Å². The van der Waals surface area contributed by atoms with Gasteiger partial charge in [0.15, 0.2) is 0 Å². The molecular formula is C17H28O5. The summed E-state index contributed by atoms with van der Waals surface area (Å²) in [5, 5.41) is 8.75. The molecule has 0 amide bonds. The fourth-order valence-corrected chi connectivity index (χ4v) is 2.48. The van der Waals surface area contributed by atoms with Crippen LogP contribution in [0.1, 0.15) is 58.3 Å². The van der Waals surface area contributed by atoms with Crippen LogP contribution in [0, 0.1) is 0 Å². The molecule has 0 aliphatic carbocycles. The molecule has 22 heavy (non-hydrogen) atoms. The quantitative estimate of drug-likeness (QED) is 0.375. The lowest BCUT2D eigenvalue weighted by Gasteiger charge is -2.37. The van der Waals surface area contributed by atoms with E-state index in [-0.39, 0.29) is 12.5 Å². The fourth-order valence-electron chi connectivity index (χ4n) is 2.48. The predicted molar refractivity (Wildman–Crippen MR) is 84.2 cm³/mol. The Morgan fingerprint density at radius 1 is 1.36 bits per heavy atom. The number of allylic oxidation sites excluding steroid dienone is 4. The van der Waals surface area contributed by atoms with Crippen LogP contribution in [-0.2, 0) is 19.3 Å². The minimum absolute atomic E-state index is 0.0294. The number of hydrogen-bond acceptors (Lipinski definition) is 4. The monoisotopic (exact) mass is 312 g/mol. The standard InChI is InChI=1S/C17H28O5/c1-3-4-5-6-7-8-9-10-12-17(20-2)13-11-15(21-22-17)14-16(18)19/h3-6,15H,7-14H2,1-2H3,(H,18,19)/b4-3+,6-5+/t15-,17+/m0/s1. The summed E-state index contributed by atoms with van der Waals surface area (Å²) in [7, 11) is 1.61. The van der Waals surface area contributed by atoms with Crippen LogP contribution in [-0.4, -0.2) is 30.1 Å². The summed E-state index contributed by atoms with van der Waals surface area (Å²) in [5.41, 5.74) is 0. The van der Waals surface area contributed by atoms with Crippen molar-refractivity contribution in [2.24, 2.45) is 0 Å². The average molecular weight is 312 g/mol. The first-order valence-corrected chi connectivity index (χ1v) is 8.01. The zero-order valence-electron chi connectivity index (χ0n) is 13.6. The summed E-state index contributed by atoms with van der Waals surface area (Å²) < 4.78 is 5.47. The fraction of sp³-hybridized carbons (Fsp3) is 0.706. The van der Waals surface area contributed by atoms with Crippen molar-refractivity contribution in [1.29, 1.82) is 0 Å². The summed E-state index contributed by atoms with van der Waals surface area (Å²) in [5.74, 6) is -1.58. The first kappa shape index (κ1) is 18.9. The third-order valence-corrected chi connectivity index (χ3v) is 3.83. The maximum Gasteiger partial charge on any atom is 0.306 e. The highest BCUT2D eigenvalue weighted by Crippen LogP contribution is 2.33. The van der Waals surface area contributed by atoms with E-state index in [0.29, 0.717) is 12.8 Å². The van der Waals surface area contributed by atoms with Gasteiger partial charge in [-0.25, -0.2) is 9.78 Å². The highest BCUT2D eigenvalue weighted by Gasteiger charge is 2.38. The van der Waals surface area contributed by atoms with Gasteiger partial charge in [0.25, 0.3) is 0 Å². The zero-order chi connectivity index (χ0) is 16.3. The summed E-state index contributed by atoms with van der Waals surface area (Å²) in [6.45, 7) is 2.00. The zero-order valence-corrected chi connectivity index (χ0v) is 13.6. The number of carboxylic acids is 1. The molecule has 0 bridgehead atoms. The average Bonchev–Trinajstić information content (AvgIpc) is 2.51. The van der Waals surface area contributed by atoms with Crippen LogP contribution in [0.15, 0.2) is 24.3 Å². The maximum absolute atomic E-state index is 10.7. The normalized spacial score (nSPS) is 26.0. The van der Waals surface area contributed by atoms with Crippen LogP contribution in [0.3, 0.4) is 0 Å². The Labute approximate surface area is 132 Å². The van der Waals surface area contributed by atoms with E-state index in [4.69, 9.17) is 19.6 Å². The molecule has 126 valence electrons. The molecule has 1 fully saturated rings. The van der Waals surface area contributed by atoms with Gasteiger partial charge in [0.2, 0.25) is 5.79 Å². The number of carbonyl (C=O) groups is 1. The molecule has 5 nitrogen and oxygen atoms in total. The molecule has 5 heteroatoms. The second kappa shape index (κ2) is 10.5. The van der Waals surface area contributed by atoms with E-state index in [1.165, 1.54) is 0 Å². The second-order valence-electron chi connectivity index (χ2n) is 5.61. The van der Waals surface area contributed by atoms with Crippen molar-refractivity contribution in [2.75, 3.05) is 7.11 Å². The van der Waals surface area contributed by atoms with Gasteiger partial charge in [-0.05, 0) is 32.6 Å². The van der Waals surface area contributed by atoms with Crippen LogP contribution >= 0.6 is 0 Å². The van der Waals surface area contributed by atoms with Crippen LogP contribution in [0.2, 0.25) is 0 Å². The smallest absolute Gasteiger partial charge is 0.306 e. The topological polar surface area (TPSA) is 65.0 Å². The Morgan fingerprint density at radius 2 is 2.18 bits per heavy atom. The molecule has 1 aliphatic rings. The molecule has 1 saturated heterocycles. The Morgan fingerprint density at radius 3 is 2.77 bits per heavy atom. The van der Waals surface area contributed by atoms with E-state index in [1.807, 2.05) is 19.1 Å². The van der Waals surface area contributed by atoms with Gasteiger partial charge in [0.05, 0.1) is 6.42 Å². The van der Waals surface area contributed by atoms with E-state index < -0.39 is 11.8 Å². The summed E-state index contributed by atoms with van der Waals surface area (Å²) >= 11 is 0. The molecule has 0 radical (unpaired) electrons. The van der Waals surface area contributed by atoms with Crippen LogP contribution in [0.5, 0.6) is 0 Å². The molecule has 1 N–H and O–H groups in total. The van der Waals surface area contributed by atoms with Crippen molar-refractivity contribution in [3.05, 3.63) is 24.3 Å². The molecule has 0 unspecified atom stereocenters. The van der Waals surface area contributed by atoms with E-state index in [0.717, 1.165) is 32.1 Å². The molecule has 1 heterocycles. The highest BCUT2D eigenvalue weighted by molar-refractivity contribution is 5.67. The number of rotatable bonds is 10. The lowest BCUT2D eigenvalue weighted by molar-refractivity contribution is -0.466. The summed E-state index contributed by atoms with van der Waals surface area (Å²) in [6, 6.07) is 0. The molecule has 1 rings (SSSR count). The number of unbranched alkanes of at least 4 members (excludes halogenated alkanes) is 3. The first-order valence-electron chi connectivity index (χ1n) is 8.01. The molecule has 1 aliphatic heterocycles. The SMILES string of the molecule is C/C=C/C=C/CCCCC[C@]1(OC)CC[C@@H](CC(=O)O)OO1. The third-order valence-electron chi connectivity index (χ3n) is 3.83. The van der Waals surface area contributed by atoms with E-state index in [2.05, 4.69) is 12.2 Å². The van der Waals surface area contributed by atoms with Gasteiger partial charge in [-0.3, -0.25) is 4.79 Å². The highest BCUT2D eigenvalue weighted by atomic mass is 17.2. The summed E-state index contributed by atoms with van der Waals surface area (Å²) in [6.07, 6.45) is 14.3. The summed E-state index contributed by atoms with van der Waals surface area (Å²) in [4.78, 5) is 21.2. The lowest BCUT2D eigenvalue weighted by Crippen LogP contribution is -2.42. The number of hydrogen-bond donors (Lipinski definition) is 1. The minimum atomic E-state index is -0.871. The van der Waals surface area contributed by atoms with Crippen LogP contribution in [0.25, 0.3) is 0 Å². The number of aliphatic carboxylic acids is 1. The van der Waals surface area contributed by atoms with Crippen molar-refractivity contribution in [2.45, 2.75) is 70.2 Å². The van der Waals surface area contributed by atoms with Gasteiger partial charge in [0, 0.05) is 20.0 Å². The maximum atomic E-state index is 10.7. The second-order valence-corrected chi connectivity index (χ2v) is 5.61. The van der Waals surface area contributed by atoms with Crippen molar-refractivity contribution in [3.8, 4) is 0 Å². The van der Waals surface area contributed by atoms with Crippen molar-refractivity contribution < 1.29 is 24.4 Å². The Hall–Kier alpha value is -1.17. The van der Waals surface area contributed by atoms with Gasteiger partial charge in [0.1, 0.15) is 6.10 Å². The van der Waals surface area contributed by atoms with E-state index in [9.17, 15) is 4.79 Å². The minimum Gasteiger partial charge on any atom is -0.481 e. The number of carboxylic acid groups (broad SMARTS) is 1. The van der Waals surface area contributed by atoms with Crippen LogP contribution in [0.4, 0.5) is 0 Å². The van der Waals surface area contributed by atoms with Gasteiger partial charge in [-0.2, -0.15) is 0 Å². The van der Waals surface area contributed by atoms with Gasteiger partial charge >= 0.3 is 5.97 Å².